The molecule has 0 saturated heterocycles. The number of hydrogen-bond donors (Lipinski definition) is 2. The number of furan rings is 1. The maximum atomic E-state index is 12.9. The second-order valence-electron chi connectivity index (χ2n) is 6.88. The molecule has 0 aliphatic heterocycles. The van der Waals surface area contributed by atoms with E-state index < -0.39 is 5.91 Å². The van der Waals surface area contributed by atoms with Crippen molar-refractivity contribution >= 4 is 17.4 Å². The molecular formula is C21H25N3O3. The van der Waals surface area contributed by atoms with Gasteiger partial charge in [-0.15, -0.1) is 0 Å². The van der Waals surface area contributed by atoms with Crippen molar-refractivity contribution in [2.45, 2.75) is 45.1 Å². The zero-order valence-corrected chi connectivity index (χ0v) is 15.8. The van der Waals surface area contributed by atoms with Crippen LogP contribution < -0.4 is 10.6 Å². The number of carbonyl (C=O) groups excluding carboxylic acids is 2. The lowest BCUT2D eigenvalue weighted by atomic mass is 9.95. The van der Waals surface area contributed by atoms with Crippen molar-refractivity contribution in [3.05, 3.63) is 59.3 Å². The molecule has 6 nitrogen and oxygen atoms in total. The molecule has 1 aliphatic carbocycles. The Balaban J connectivity index is 1.93. The van der Waals surface area contributed by atoms with Crippen molar-refractivity contribution in [1.29, 1.82) is 0 Å². The first-order valence-electron chi connectivity index (χ1n) is 9.29. The van der Waals surface area contributed by atoms with Crippen LogP contribution in [0, 0.1) is 6.92 Å². The second-order valence-corrected chi connectivity index (χ2v) is 6.88. The standard InChI is InChI=1S/C21H25N3O3/c1-13-8-7-11-17(23-13)14(2)19-16(12-18(27-19)21(26)22-3)20(25)24-15-9-5-4-6-10-15/h7-8,11-12,15H,2,4-6,9-10H2,1,3H3,(H,22,26)(H,24,25). The van der Waals surface area contributed by atoms with Gasteiger partial charge in [0.1, 0.15) is 5.76 Å². The van der Waals surface area contributed by atoms with Gasteiger partial charge in [0.25, 0.3) is 11.8 Å². The van der Waals surface area contributed by atoms with Crippen molar-refractivity contribution in [1.82, 2.24) is 15.6 Å². The minimum atomic E-state index is -0.391. The monoisotopic (exact) mass is 367 g/mol. The summed E-state index contributed by atoms with van der Waals surface area (Å²) in [6.07, 6.45) is 5.39. The third-order valence-electron chi connectivity index (χ3n) is 4.84. The molecular weight excluding hydrogens is 342 g/mol. The van der Waals surface area contributed by atoms with E-state index >= 15 is 0 Å². The minimum Gasteiger partial charge on any atom is -0.450 e. The minimum absolute atomic E-state index is 0.0788. The highest BCUT2D eigenvalue weighted by molar-refractivity contribution is 6.02. The molecule has 0 spiro atoms. The van der Waals surface area contributed by atoms with Crippen LogP contribution in [0.1, 0.15) is 70.2 Å². The summed E-state index contributed by atoms with van der Waals surface area (Å²) < 4.78 is 5.72. The van der Waals surface area contributed by atoms with Crippen LogP contribution >= 0.6 is 0 Å². The van der Waals surface area contributed by atoms with Gasteiger partial charge in [-0.3, -0.25) is 14.6 Å². The molecule has 0 unspecified atom stereocenters. The quantitative estimate of drug-likeness (QED) is 0.847. The van der Waals surface area contributed by atoms with E-state index in [2.05, 4.69) is 22.2 Å². The largest absolute Gasteiger partial charge is 0.450 e. The molecule has 1 fully saturated rings. The van der Waals surface area contributed by atoms with E-state index in [0.717, 1.165) is 31.4 Å². The first-order valence-corrected chi connectivity index (χ1v) is 9.29. The van der Waals surface area contributed by atoms with Crippen molar-refractivity contribution < 1.29 is 14.0 Å². The summed E-state index contributed by atoms with van der Waals surface area (Å²) in [4.78, 5) is 29.4. The van der Waals surface area contributed by atoms with Crippen LogP contribution in [0.4, 0.5) is 0 Å². The predicted octanol–water partition coefficient (Wildman–Crippen LogP) is 3.47. The van der Waals surface area contributed by atoms with E-state index in [4.69, 9.17) is 4.42 Å². The number of pyridine rings is 1. The molecule has 3 rings (SSSR count). The van der Waals surface area contributed by atoms with E-state index in [-0.39, 0.29) is 23.5 Å². The molecule has 0 bridgehead atoms. The van der Waals surface area contributed by atoms with Crippen LogP contribution in [-0.2, 0) is 0 Å². The normalized spacial score (nSPS) is 14.6. The summed E-state index contributed by atoms with van der Waals surface area (Å²) in [5.41, 5.74) is 2.23. The van der Waals surface area contributed by atoms with Crippen LogP contribution in [0.3, 0.4) is 0 Å². The highest BCUT2D eigenvalue weighted by atomic mass is 16.4. The molecule has 2 aromatic rings. The van der Waals surface area contributed by atoms with Crippen LogP contribution in [0.5, 0.6) is 0 Å². The first kappa shape index (κ1) is 18.9. The maximum Gasteiger partial charge on any atom is 0.286 e. The van der Waals surface area contributed by atoms with Crippen LogP contribution in [0.2, 0.25) is 0 Å². The average molecular weight is 367 g/mol. The van der Waals surface area contributed by atoms with Gasteiger partial charge < -0.3 is 15.1 Å². The highest BCUT2D eigenvalue weighted by Gasteiger charge is 2.26. The van der Waals surface area contributed by atoms with Gasteiger partial charge in [-0.05, 0) is 31.9 Å². The van der Waals surface area contributed by atoms with Gasteiger partial charge >= 0.3 is 0 Å². The molecule has 0 atom stereocenters. The number of carbonyl (C=O) groups is 2. The van der Waals surface area contributed by atoms with Crippen LogP contribution in [0.25, 0.3) is 5.57 Å². The lowest BCUT2D eigenvalue weighted by Crippen LogP contribution is -2.36. The predicted molar refractivity (Wildman–Crippen MR) is 104 cm³/mol. The summed E-state index contributed by atoms with van der Waals surface area (Å²) in [6.45, 7) is 5.94. The molecule has 27 heavy (non-hydrogen) atoms. The van der Waals surface area contributed by atoms with Crippen molar-refractivity contribution in [2.75, 3.05) is 7.05 Å². The van der Waals surface area contributed by atoms with Crippen LogP contribution in [0.15, 0.2) is 35.3 Å². The fourth-order valence-corrected chi connectivity index (χ4v) is 3.36. The summed E-state index contributed by atoms with van der Waals surface area (Å²) in [5.74, 6) is -0.280. The number of hydrogen-bond acceptors (Lipinski definition) is 4. The van der Waals surface area contributed by atoms with Crippen molar-refractivity contribution in [3.8, 4) is 0 Å². The molecule has 6 heteroatoms. The average Bonchev–Trinajstić information content (AvgIpc) is 3.13. The Morgan fingerprint density at radius 1 is 1.19 bits per heavy atom. The number of aromatic nitrogens is 1. The molecule has 0 aromatic carbocycles. The van der Waals surface area contributed by atoms with Gasteiger partial charge in [-0.25, -0.2) is 0 Å². The summed E-state index contributed by atoms with van der Waals surface area (Å²) in [6, 6.07) is 7.19. The Morgan fingerprint density at radius 3 is 2.59 bits per heavy atom. The summed E-state index contributed by atoms with van der Waals surface area (Å²) >= 11 is 0. The molecule has 1 aliphatic rings. The number of amides is 2. The molecule has 142 valence electrons. The number of aryl methyl sites for hydroxylation is 1. The summed E-state index contributed by atoms with van der Waals surface area (Å²) in [5, 5.41) is 5.59. The van der Waals surface area contributed by atoms with E-state index in [1.54, 1.807) is 6.07 Å². The Labute approximate surface area is 159 Å². The Bertz CT molecular complexity index is 863. The van der Waals surface area contributed by atoms with Gasteiger partial charge in [0.05, 0.1) is 11.3 Å². The number of nitrogens with one attached hydrogen (secondary N) is 2. The van der Waals surface area contributed by atoms with Crippen LogP contribution in [-0.4, -0.2) is 29.9 Å². The molecule has 0 radical (unpaired) electrons. The Morgan fingerprint density at radius 2 is 1.93 bits per heavy atom. The molecule has 2 amide bonds. The Hall–Kier alpha value is -2.89. The van der Waals surface area contributed by atoms with Gasteiger partial charge in [0, 0.05) is 30.4 Å². The highest BCUT2D eigenvalue weighted by Crippen LogP contribution is 2.28. The number of rotatable bonds is 5. The second kappa shape index (κ2) is 8.20. The van der Waals surface area contributed by atoms with E-state index in [1.807, 2.05) is 19.1 Å². The van der Waals surface area contributed by atoms with Gasteiger partial charge in [-0.2, -0.15) is 0 Å². The van der Waals surface area contributed by atoms with Gasteiger partial charge in [0.2, 0.25) is 0 Å². The fraction of sp³-hybridized carbons (Fsp3) is 0.381. The SMILES string of the molecule is C=C(c1cccc(C)n1)c1oc(C(=O)NC)cc1C(=O)NC1CCCCC1. The zero-order chi connectivity index (χ0) is 19.4. The van der Waals surface area contributed by atoms with E-state index in [9.17, 15) is 9.59 Å². The lowest BCUT2D eigenvalue weighted by molar-refractivity contribution is 0.0921. The summed E-state index contributed by atoms with van der Waals surface area (Å²) in [7, 11) is 1.52. The lowest BCUT2D eigenvalue weighted by Gasteiger charge is -2.22. The van der Waals surface area contributed by atoms with E-state index in [0.29, 0.717) is 16.8 Å². The third-order valence-corrected chi connectivity index (χ3v) is 4.84. The smallest absolute Gasteiger partial charge is 0.286 e. The van der Waals surface area contributed by atoms with Crippen molar-refractivity contribution in [2.24, 2.45) is 0 Å². The maximum absolute atomic E-state index is 12.9. The van der Waals surface area contributed by atoms with E-state index in [1.165, 1.54) is 19.5 Å². The third kappa shape index (κ3) is 4.27. The molecule has 2 N–H and O–H groups in total. The molecule has 2 heterocycles. The van der Waals surface area contributed by atoms with Gasteiger partial charge in [0.15, 0.2) is 5.76 Å². The number of nitrogens with zero attached hydrogens (tertiary/aromatic N) is 1. The topological polar surface area (TPSA) is 84.2 Å². The fourth-order valence-electron chi connectivity index (χ4n) is 3.36. The molecule has 1 saturated carbocycles. The van der Waals surface area contributed by atoms with Crippen molar-refractivity contribution in [3.63, 3.8) is 0 Å². The molecule has 2 aromatic heterocycles. The first-order chi connectivity index (χ1) is 13.0. The van der Waals surface area contributed by atoms with Gasteiger partial charge in [-0.1, -0.05) is 31.9 Å². The zero-order valence-electron chi connectivity index (χ0n) is 15.8. The Kier molecular flexibility index (Phi) is 5.74.